The highest BCUT2D eigenvalue weighted by atomic mass is 16.7. The molecule has 5 atom stereocenters. The lowest BCUT2D eigenvalue weighted by atomic mass is 9.97. The molecule has 1 heterocycles. The Morgan fingerprint density at radius 2 is 2.00 bits per heavy atom. The second kappa shape index (κ2) is 9.29. The third-order valence-electron chi connectivity index (χ3n) is 3.38. The number of carbonyl (C=O) groups excluding carboxylic acids is 1. The first-order valence-electron chi connectivity index (χ1n) is 7.22. The molecular formula is C13H26N2O6. The number of nitrogens with one attached hydrogen (secondary N) is 1. The molecule has 8 nitrogen and oxygen atoms in total. The zero-order valence-electron chi connectivity index (χ0n) is 12.3. The van der Waals surface area contributed by atoms with E-state index in [0.29, 0.717) is 13.2 Å². The molecule has 1 rings (SSSR count). The van der Waals surface area contributed by atoms with Gasteiger partial charge >= 0.3 is 0 Å². The molecule has 8 heteroatoms. The van der Waals surface area contributed by atoms with Crippen LogP contribution in [0.5, 0.6) is 0 Å². The smallest absolute Gasteiger partial charge is 0.217 e. The molecule has 0 aromatic heterocycles. The highest BCUT2D eigenvalue weighted by Crippen LogP contribution is 2.22. The molecule has 1 saturated heterocycles. The lowest BCUT2D eigenvalue weighted by molar-refractivity contribution is -0.270. The van der Waals surface area contributed by atoms with E-state index in [9.17, 15) is 15.0 Å². The lowest BCUT2D eigenvalue weighted by Crippen LogP contribution is -2.64. The normalized spacial score (nSPS) is 32.9. The van der Waals surface area contributed by atoms with Crippen LogP contribution in [0.2, 0.25) is 0 Å². The zero-order chi connectivity index (χ0) is 15.8. The average molecular weight is 306 g/mol. The number of carbonyl (C=O) groups is 1. The molecule has 1 aliphatic heterocycles. The minimum absolute atomic E-state index is 0.367. The van der Waals surface area contributed by atoms with Crippen LogP contribution in [0.15, 0.2) is 0 Å². The fraction of sp³-hybridized carbons (Fsp3) is 0.923. The second-order valence-corrected chi connectivity index (χ2v) is 5.15. The number of nitrogens with two attached hydrogens (primary N) is 1. The minimum Gasteiger partial charge on any atom is -0.394 e. The van der Waals surface area contributed by atoms with Crippen molar-refractivity contribution in [1.29, 1.82) is 0 Å². The summed E-state index contributed by atoms with van der Waals surface area (Å²) in [4.78, 5) is 11.2. The summed E-state index contributed by atoms with van der Waals surface area (Å²) in [5.41, 5.74) is 5.40. The van der Waals surface area contributed by atoms with Crippen LogP contribution in [0.4, 0.5) is 0 Å². The Bertz CT molecular complexity index is 317. The van der Waals surface area contributed by atoms with Gasteiger partial charge in [-0.25, -0.2) is 0 Å². The summed E-state index contributed by atoms with van der Waals surface area (Å²) in [6.07, 6.45) is -1.85. The first kappa shape index (κ1) is 18.3. The third kappa shape index (κ3) is 5.50. The fourth-order valence-corrected chi connectivity index (χ4v) is 2.24. The van der Waals surface area contributed by atoms with Crippen molar-refractivity contribution in [2.75, 3.05) is 19.8 Å². The molecule has 0 radical (unpaired) electrons. The molecule has 6 N–H and O–H groups in total. The molecule has 0 bridgehead atoms. The van der Waals surface area contributed by atoms with E-state index in [0.717, 1.165) is 19.3 Å². The first-order valence-corrected chi connectivity index (χ1v) is 7.22. The molecule has 0 saturated carbocycles. The Hall–Kier alpha value is -0.770. The summed E-state index contributed by atoms with van der Waals surface area (Å²) in [6, 6.07) is -0.880. The van der Waals surface area contributed by atoms with Crippen molar-refractivity contribution in [2.24, 2.45) is 5.73 Å². The maximum atomic E-state index is 11.2. The fourth-order valence-electron chi connectivity index (χ4n) is 2.24. The first-order chi connectivity index (χ1) is 10.0. The molecule has 1 aliphatic rings. The molecule has 0 aromatic carbocycles. The SMILES string of the molecule is CC(=O)N[C@H]1[C@H](OCCCCCN)O[C@H](CO)[C@@H](O)[C@@H]1O. The van der Waals surface area contributed by atoms with Gasteiger partial charge in [-0.2, -0.15) is 0 Å². The van der Waals surface area contributed by atoms with Crippen molar-refractivity contribution in [1.82, 2.24) is 5.32 Å². The summed E-state index contributed by atoms with van der Waals surface area (Å²) in [5, 5.41) is 31.5. The second-order valence-electron chi connectivity index (χ2n) is 5.15. The van der Waals surface area contributed by atoms with Crippen molar-refractivity contribution in [3.05, 3.63) is 0 Å². The van der Waals surface area contributed by atoms with Gasteiger partial charge in [0.05, 0.1) is 6.61 Å². The van der Waals surface area contributed by atoms with Crippen LogP contribution in [0.25, 0.3) is 0 Å². The van der Waals surface area contributed by atoms with E-state index in [2.05, 4.69) is 5.32 Å². The Kier molecular flexibility index (Phi) is 8.09. The molecule has 1 fully saturated rings. The summed E-state index contributed by atoms with van der Waals surface area (Å²) in [6.45, 7) is 1.85. The predicted molar refractivity (Wildman–Crippen MR) is 74.2 cm³/mol. The molecule has 0 spiro atoms. The van der Waals surface area contributed by atoms with E-state index in [-0.39, 0.29) is 5.91 Å². The number of amides is 1. The minimum atomic E-state index is -1.29. The van der Waals surface area contributed by atoms with Gasteiger partial charge in [0.2, 0.25) is 5.91 Å². The van der Waals surface area contributed by atoms with E-state index in [1.165, 1.54) is 6.92 Å². The lowest BCUT2D eigenvalue weighted by Gasteiger charge is -2.42. The highest BCUT2D eigenvalue weighted by Gasteiger charge is 2.45. The van der Waals surface area contributed by atoms with Gasteiger partial charge < -0.3 is 35.8 Å². The Morgan fingerprint density at radius 3 is 2.57 bits per heavy atom. The number of unbranched alkanes of at least 4 members (excludes halogenated alkanes) is 2. The van der Waals surface area contributed by atoms with Crippen molar-refractivity contribution >= 4 is 5.91 Å². The van der Waals surface area contributed by atoms with Crippen LogP contribution in [-0.2, 0) is 14.3 Å². The predicted octanol–water partition coefficient (Wildman–Crippen LogP) is -1.92. The zero-order valence-corrected chi connectivity index (χ0v) is 12.3. The number of hydrogen-bond acceptors (Lipinski definition) is 7. The summed E-state index contributed by atoms with van der Waals surface area (Å²) in [7, 11) is 0. The van der Waals surface area contributed by atoms with Gasteiger partial charge in [0.1, 0.15) is 24.4 Å². The van der Waals surface area contributed by atoms with E-state index in [4.69, 9.17) is 20.3 Å². The van der Waals surface area contributed by atoms with Gasteiger partial charge in [-0.05, 0) is 25.8 Å². The Labute approximate surface area is 124 Å². The Balaban J connectivity index is 2.58. The van der Waals surface area contributed by atoms with Gasteiger partial charge in [0.25, 0.3) is 0 Å². The van der Waals surface area contributed by atoms with Gasteiger partial charge in [-0.3, -0.25) is 4.79 Å². The topological polar surface area (TPSA) is 134 Å². The Morgan fingerprint density at radius 1 is 1.29 bits per heavy atom. The van der Waals surface area contributed by atoms with E-state index in [1.54, 1.807) is 0 Å². The number of aliphatic hydroxyl groups is 3. The summed E-state index contributed by atoms with van der Waals surface area (Å²) in [5.74, 6) is -0.367. The van der Waals surface area contributed by atoms with E-state index < -0.39 is 37.3 Å². The monoisotopic (exact) mass is 306 g/mol. The highest BCUT2D eigenvalue weighted by molar-refractivity contribution is 5.73. The molecule has 0 aromatic rings. The largest absolute Gasteiger partial charge is 0.394 e. The standard InChI is InChI=1S/C13H26N2O6/c1-8(17)15-10-12(19)11(18)9(7-16)21-13(10)20-6-4-2-3-5-14/h9-13,16,18-19H,2-7,14H2,1H3,(H,15,17)/t9-,10-,11-,12-,13-/m1/s1. The number of hydrogen-bond donors (Lipinski definition) is 5. The van der Waals surface area contributed by atoms with Crippen molar-refractivity contribution in [3.8, 4) is 0 Å². The van der Waals surface area contributed by atoms with Crippen LogP contribution in [0.3, 0.4) is 0 Å². The average Bonchev–Trinajstić information content (AvgIpc) is 2.45. The van der Waals surface area contributed by atoms with Gasteiger partial charge in [-0.1, -0.05) is 0 Å². The van der Waals surface area contributed by atoms with Crippen LogP contribution < -0.4 is 11.1 Å². The van der Waals surface area contributed by atoms with Crippen LogP contribution in [0.1, 0.15) is 26.2 Å². The number of ether oxygens (including phenoxy) is 2. The number of aliphatic hydroxyl groups excluding tert-OH is 3. The van der Waals surface area contributed by atoms with Crippen LogP contribution >= 0.6 is 0 Å². The van der Waals surface area contributed by atoms with Gasteiger partial charge in [-0.15, -0.1) is 0 Å². The quantitative estimate of drug-likeness (QED) is 0.330. The molecule has 1 amide bonds. The summed E-state index contributed by atoms with van der Waals surface area (Å²) < 4.78 is 11.0. The van der Waals surface area contributed by atoms with Crippen molar-refractivity contribution in [2.45, 2.75) is 56.8 Å². The molecule has 124 valence electrons. The van der Waals surface area contributed by atoms with Crippen LogP contribution in [-0.4, -0.2) is 71.6 Å². The van der Waals surface area contributed by atoms with Crippen molar-refractivity contribution in [3.63, 3.8) is 0 Å². The van der Waals surface area contributed by atoms with Gasteiger partial charge in [0.15, 0.2) is 6.29 Å². The molecule has 0 unspecified atom stereocenters. The van der Waals surface area contributed by atoms with Gasteiger partial charge in [0, 0.05) is 13.5 Å². The third-order valence-corrected chi connectivity index (χ3v) is 3.38. The molecule has 21 heavy (non-hydrogen) atoms. The van der Waals surface area contributed by atoms with E-state index >= 15 is 0 Å². The molecule has 0 aliphatic carbocycles. The molecular weight excluding hydrogens is 280 g/mol. The maximum absolute atomic E-state index is 11.2. The van der Waals surface area contributed by atoms with Crippen molar-refractivity contribution < 1.29 is 29.6 Å². The summed E-state index contributed by atoms with van der Waals surface area (Å²) >= 11 is 0. The van der Waals surface area contributed by atoms with Crippen LogP contribution in [0, 0.1) is 0 Å². The number of rotatable bonds is 8. The maximum Gasteiger partial charge on any atom is 0.217 e. The van der Waals surface area contributed by atoms with E-state index in [1.807, 2.05) is 0 Å².